The summed E-state index contributed by atoms with van der Waals surface area (Å²) in [4.78, 5) is 26.9. The maximum absolute atomic E-state index is 12.6. The van der Waals surface area contributed by atoms with Crippen molar-refractivity contribution in [3.05, 3.63) is 0 Å². The molecule has 0 aliphatic heterocycles. The molecule has 14 heteroatoms. The summed E-state index contributed by atoms with van der Waals surface area (Å²) in [5.74, 6) is 0.293. The van der Waals surface area contributed by atoms with Crippen LogP contribution < -0.4 is 10.6 Å². The van der Waals surface area contributed by atoms with Gasteiger partial charge in [0.25, 0.3) is 0 Å². The lowest BCUT2D eigenvalue weighted by molar-refractivity contribution is -0.125. The molecule has 0 aliphatic carbocycles. The zero-order valence-electron chi connectivity index (χ0n) is 30.6. The van der Waals surface area contributed by atoms with Crippen molar-refractivity contribution in [3.63, 3.8) is 0 Å². The Morgan fingerprint density at radius 3 is 1.19 bits per heavy atom. The first-order chi connectivity index (χ1) is 23.5. The number of ether oxygens (including phenoxy) is 9. The maximum atomic E-state index is 12.6. The van der Waals surface area contributed by atoms with Crippen LogP contribution in [0.15, 0.2) is 0 Å². The standard InChI is InChI=1S/C34H69N3O11/c1-5-12-40-18-24-46-27-21-43-15-9-35-33(38)30-37(11-17-45-23-29-48-26-20-42-14-7-8-32(3)4)31-34(39)36-10-16-44-22-28-47-25-19-41-13-6-2/h32H,5-31H2,1-4H3,(H,35,38)(H,36,39). The number of nitrogens with one attached hydrogen (secondary N) is 2. The summed E-state index contributed by atoms with van der Waals surface area (Å²) in [6, 6.07) is 0. The summed E-state index contributed by atoms with van der Waals surface area (Å²) in [5, 5.41) is 5.68. The Balaban J connectivity index is 4.22. The fourth-order valence-corrected chi connectivity index (χ4v) is 3.96. The van der Waals surface area contributed by atoms with Gasteiger partial charge in [-0.1, -0.05) is 27.7 Å². The molecule has 0 atom stereocenters. The van der Waals surface area contributed by atoms with E-state index in [4.69, 9.17) is 42.6 Å². The second-order valence-corrected chi connectivity index (χ2v) is 11.5. The van der Waals surface area contributed by atoms with Gasteiger partial charge >= 0.3 is 0 Å². The molecule has 2 N–H and O–H groups in total. The van der Waals surface area contributed by atoms with E-state index >= 15 is 0 Å². The molecule has 48 heavy (non-hydrogen) atoms. The quantitative estimate of drug-likeness (QED) is 0.0907. The van der Waals surface area contributed by atoms with Gasteiger partial charge in [-0.05, 0) is 31.6 Å². The van der Waals surface area contributed by atoms with Gasteiger partial charge in [-0.25, -0.2) is 0 Å². The van der Waals surface area contributed by atoms with Crippen LogP contribution in [-0.4, -0.2) is 168 Å². The van der Waals surface area contributed by atoms with Crippen molar-refractivity contribution in [2.75, 3.05) is 152 Å². The second-order valence-electron chi connectivity index (χ2n) is 11.5. The lowest BCUT2D eigenvalue weighted by Crippen LogP contribution is -2.45. The average molecular weight is 696 g/mol. The molecule has 0 bridgehead atoms. The molecule has 0 rings (SSSR count). The molecular formula is C34H69N3O11. The van der Waals surface area contributed by atoms with E-state index in [0.29, 0.717) is 125 Å². The van der Waals surface area contributed by atoms with E-state index in [0.717, 1.165) is 45.5 Å². The summed E-state index contributed by atoms with van der Waals surface area (Å²) >= 11 is 0. The van der Waals surface area contributed by atoms with Crippen molar-refractivity contribution < 1.29 is 52.2 Å². The van der Waals surface area contributed by atoms with Gasteiger partial charge in [0.15, 0.2) is 0 Å². The van der Waals surface area contributed by atoms with Crippen LogP contribution in [0.3, 0.4) is 0 Å². The fourth-order valence-electron chi connectivity index (χ4n) is 3.96. The molecule has 0 aliphatic rings. The highest BCUT2D eigenvalue weighted by Crippen LogP contribution is 2.02. The summed E-state index contributed by atoms with van der Waals surface area (Å²) < 4.78 is 49.5. The minimum atomic E-state index is -0.198. The molecule has 0 aromatic rings. The third-order valence-electron chi connectivity index (χ3n) is 6.42. The first kappa shape index (κ1) is 46.5. The van der Waals surface area contributed by atoms with Crippen LogP contribution in [0.1, 0.15) is 53.4 Å². The molecule has 0 spiro atoms. The van der Waals surface area contributed by atoms with E-state index < -0.39 is 0 Å². The third-order valence-corrected chi connectivity index (χ3v) is 6.42. The molecule has 0 saturated carbocycles. The van der Waals surface area contributed by atoms with Crippen LogP contribution in [0, 0.1) is 5.92 Å². The van der Waals surface area contributed by atoms with Gasteiger partial charge < -0.3 is 53.3 Å². The van der Waals surface area contributed by atoms with E-state index in [1.165, 1.54) is 0 Å². The predicted molar refractivity (Wildman–Crippen MR) is 184 cm³/mol. The molecule has 0 saturated heterocycles. The second kappa shape index (κ2) is 38.3. The zero-order valence-corrected chi connectivity index (χ0v) is 30.6. The number of amides is 2. The summed E-state index contributed by atoms with van der Waals surface area (Å²) in [6.45, 7) is 19.1. The highest BCUT2D eigenvalue weighted by atomic mass is 16.6. The normalized spacial score (nSPS) is 11.5. The zero-order chi connectivity index (χ0) is 35.2. The summed E-state index contributed by atoms with van der Waals surface area (Å²) in [6.07, 6.45) is 4.20. The van der Waals surface area contributed by atoms with E-state index in [9.17, 15) is 9.59 Å². The molecule has 0 radical (unpaired) electrons. The molecule has 0 aromatic heterocycles. The number of carbonyl (C=O) groups excluding carboxylic acids is 2. The molecule has 2 amide bonds. The van der Waals surface area contributed by atoms with E-state index in [1.807, 2.05) is 0 Å². The average Bonchev–Trinajstić information content (AvgIpc) is 3.06. The van der Waals surface area contributed by atoms with Gasteiger partial charge in [-0.3, -0.25) is 14.5 Å². The number of hydrogen-bond acceptors (Lipinski definition) is 12. The van der Waals surface area contributed by atoms with Crippen LogP contribution in [0.25, 0.3) is 0 Å². The van der Waals surface area contributed by atoms with Crippen LogP contribution in [-0.2, 0) is 52.2 Å². The molecule has 0 fully saturated rings. The van der Waals surface area contributed by atoms with Crippen LogP contribution in [0.4, 0.5) is 0 Å². The van der Waals surface area contributed by atoms with Crippen molar-refractivity contribution in [2.24, 2.45) is 5.92 Å². The molecule has 0 heterocycles. The monoisotopic (exact) mass is 695 g/mol. The van der Waals surface area contributed by atoms with Gasteiger partial charge in [-0.15, -0.1) is 0 Å². The van der Waals surface area contributed by atoms with Crippen molar-refractivity contribution in [1.29, 1.82) is 0 Å². The van der Waals surface area contributed by atoms with Crippen LogP contribution >= 0.6 is 0 Å². The maximum Gasteiger partial charge on any atom is 0.234 e. The third kappa shape index (κ3) is 37.4. The summed E-state index contributed by atoms with van der Waals surface area (Å²) in [7, 11) is 0. The van der Waals surface area contributed by atoms with Crippen molar-refractivity contribution >= 4 is 11.8 Å². The summed E-state index contributed by atoms with van der Waals surface area (Å²) in [5.41, 5.74) is 0. The topological polar surface area (TPSA) is 145 Å². The Morgan fingerprint density at radius 2 is 0.812 bits per heavy atom. The first-order valence-corrected chi connectivity index (χ1v) is 17.9. The smallest absolute Gasteiger partial charge is 0.234 e. The predicted octanol–water partition coefficient (Wildman–Crippen LogP) is 1.93. The number of nitrogens with zero attached hydrogens (tertiary/aromatic N) is 1. The number of carbonyl (C=O) groups is 2. The highest BCUT2D eigenvalue weighted by molar-refractivity contribution is 5.81. The number of hydrogen-bond donors (Lipinski definition) is 2. The Morgan fingerprint density at radius 1 is 0.479 bits per heavy atom. The van der Waals surface area contributed by atoms with Crippen molar-refractivity contribution in [3.8, 4) is 0 Å². The lowest BCUT2D eigenvalue weighted by Gasteiger charge is -2.21. The SMILES string of the molecule is CCCOCCOCCOCCNC(=O)CN(CCOCCOCCOCCCC(C)C)CC(=O)NCCOCCOCCOCCC. The van der Waals surface area contributed by atoms with Gasteiger partial charge in [0.1, 0.15) is 0 Å². The van der Waals surface area contributed by atoms with E-state index in [-0.39, 0.29) is 24.9 Å². The minimum absolute atomic E-state index is 0.0537. The van der Waals surface area contributed by atoms with Crippen molar-refractivity contribution in [2.45, 2.75) is 53.4 Å². The fraction of sp³-hybridized carbons (Fsp3) is 0.941. The van der Waals surface area contributed by atoms with Crippen LogP contribution in [0.5, 0.6) is 0 Å². The van der Waals surface area contributed by atoms with Gasteiger partial charge in [-0.2, -0.15) is 0 Å². The Kier molecular flexibility index (Phi) is 37.2. The number of rotatable bonds is 39. The lowest BCUT2D eigenvalue weighted by atomic mass is 10.1. The Hall–Kier alpha value is -1.46. The van der Waals surface area contributed by atoms with Gasteiger partial charge in [0.05, 0.1) is 112 Å². The molecule has 0 unspecified atom stereocenters. The molecule has 286 valence electrons. The highest BCUT2D eigenvalue weighted by Gasteiger charge is 2.14. The van der Waals surface area contributed by atoms with E-state index in [2.05, 4.69) is 38.3 Å². The Bertz CT molecular complexity index is 653. The minimum Gasteiger partial charge on any atom is -0.379 e. The van der Waals surface area contributed by atoms with E-state index in [1.54, 1.807) is 4.90 Å². The first-order valence-electron chi connectivity index (χ1n) is 17.9. The molecule has 14 nitrogen and oxygen atoms in total. The van der Waals surface area contributed by atoms with Crippen molar-refractivity contribution in [1.82, 2.24) is 15.5 Å². The molecular weight excluding hydrogens is 626 g/mol. The largest absolute Gasteiger partial charge is 0.379 e. The Labute approximate surface area is 290 Å². The van der Waals surface area contributed by atoms with Gasteiger partial charge in [0, 0.05) is 39.5 Å². The van der Waals surface area contributed by atoms with Crippen LogP contribution in [0.2, 0.25) is 0 Å². The molecule has 0 aromatic carbocycles. The van der Waals surface area contributed by atoms with Gasteiger partial charge in [0.2, 0.25) is 11.8 Å².